The number of benzene rings is 2. The number of fused-ring (bicyclic) bond motifs is 3. The highest BCUT2D eigenvalue weighted by atomic mass is 15.2. The second-order valence-corrected chi connectivity index (χ2v) is 12.0. The Morgan fingerprint density at radius 3 is 2.39 bits per heavy atom. The summed E-state index contributed by atoms with van der Waals surface area (Å²) < 4.78 is 2.55. The molecule has 0 aliphatic carbocycles. The Morgan fingerprint density at radius 2 is 1.66 bits per heavy atom. The lowest BCUT2D eigenvalue weighted by Gasteiger charge is -2.45. The van der Waals surface area contributed by atoms with Crippen LogP contribution >= 0.6 is 0 Å². The van der Waals surface area contributed by atoms with Gasteiger partial charge < -0.3 is 9.55 Å². The van der Waals surface area contributed by atoms with Gasteiger partial charge in [-0.3, -0.25) is 9.80 Å². The third-order valence-corrected chi connectivity index (χ3v) is 9.97. The minimum atomic E-state index is 0.272. The fraction of sp³-hybridized carbons (Fsp3) is 0.500. The monoisotopic (exact) mass is 508 g/mol. The van der Waals surface area contributed by atoms with E-state index in [0.29, 0.717) is 18.1 Å². The zero-order valence-electron chi connectivity index (χ0n) is 22.6. The molecule has 3 aliphatic heterocycles. The summed E-state index contributed by atoms with van der Waals surface area (Å²) in [5.74, 6) is 2.26. The summed E-state index contributed by atoms with van der Waals surface area (Å²) in [7, 11) is 0. The maximum atomic E-state index is 4.89. The molecule has 3 fully saturated rings. The number of likely N-dealkylation sites (tertiary alicyclic amines) is 1. The summed E-state index contributed by atoms with van der Waals surface area (Å²) in [5, 5.41) is 0. The van der Waals surface area contributed by atoms with Gasteiger partial charge in [0.05, 0.1) is 17.6 Å². The zero-order chi connectivity index (χ0) is 25.5. The molecule has 2 bridgehead atoms. The molecule has 2 aromatic heterocycles. The Bertz CT molecular complexity index is 1340. The first-order valence-electron chi connectivity index (χ1n) is 14.6. The molecule has 7 rings (SSSR count). The van der Waals surface area contributed by atoms with Gasteiger partial charge in [0.25, 0.3) is 0 Å². The van der Waals surface area contributed by atoms with Crippen molar-refractivity contribution in [3.63, 3.8) is 0 Å². The van der Waals surface area contributed by atoms with E-state index in [2.05, 4.69) is 85.9 Å². The van der Waals surface area contributed by atoms with E-state index in [9.17, 15) is 0 Å². The first kappa shape index (κ1) is 24.1. The van der Waals surface area contributed by atoms with Crippen LogP contribution < -0.4 is 0 Å². The van der Waals surface area contributed by atoms with Gasteiger partial charge in [0.15, 0.2) is 0 Å². The van der Waals surface area contributed by atoms with E-state index in [1.54, 1.807) is 5.56 Å². The first-order valence-corrected chi connectivity index (χ1v) is 14.6. The van der Waals surface area contributed by atoms with Crippen LogP contribution in [-0.2, 0) is 12.0 Å². The molecule has 0 saturated carbocycles. The molecule has 2 unspecified atom stereocenters. The Kier molecular flexibility index (Phi) is 6.33. The van der Waals surface area contributed by atoms with E-state index in [-0.39, 0.29) is 5.41 Å². The van der Waals surface area contributed by atoms with Crippen molar-refractivity contribution < 1.29 is 0 Å². The Morgan fingerprint density at radius 1 is 0.921 bits per heavy atom. The molecule has 2 aromatic carbocycles. The zero-order valence-corrected chi connectivity index (χ0v) is 22.6. The maximum Gasteiger partial charge on any atom is 0.120 e. The summed E-state index contributed by atoms with van der Waals surface area (Å²) in [6, 6.07) is 22.1. The number of aryl methyl sites for hydroxylation is 1. The van der Waals surface area contributed by atoms with Gasteiger partial charge in [0.1, 0.15) is 11.6 Å². The van der Waals surface area contributed by atoms with E-state index in [0.717, 1.165) is 31.0 Å². The molecule has 198 valence electrons. The average Bonchev–Trinajstić information content (AvgIpc) is 3.64. The molecule has 0 spiro atoms. The van der Waals surface area contributed by atoms with Gasteiger partial charge in [-0.05, 0) is 94.6 Å². The Hall–Kier alpha value is -2.96. The highest BCUT2D eigenvalue weighted by Crippen LogP contribution is 2.45. The van der Waals surface area contributed by atoms with Gasteiger partial charge >= 0.3 is 0 Å². The molecule has 0 amide bonds. The minimum Gasteiger partial charge on any atom is -0.348 e. The number of nitrogens with zero attached hydrogens (tertiary/aromatic N) is 5. The second kappa shape index (κ2) is 9.97. The highest BCUT2D eigenvalue weighted by Gasteiger charge is 2.44. The van der Waals surface area contributed by atoms with Crippen LogP contribution in [0.15, 0.2) is 67.0 Å². The van der Waals surface area contributed by atoms with Crippen LogP contribution in [-0.4, -0.2) is 61.0 Å². The summed E-state index contributed by atoms with van der Waals surface area (Å²) in [4.78, 5) is 18.1. The third-order valence-electron chi connectivity index (χ3n) is 9.97. The average molecular weight is 509 g/mol. The van der Waals surface area contributed by atoms with Gasteiger partial charge in [-0.1, -0.05) is 42.5 Å². The van der Waals surface area contributed by atoms with Crippen molar-refractivity contribution in [1.82, 2.24) is 29.3 Å². The SMILES string of the molecule is Cc1nc2ccccc2n1C1CC2CCC(C1)N2CCC1(c2ccccc2)CCN(Cc2ncc[nH]2)CC1. The maximum absolute atomic E-state index is 4.89. The lowest BCUT2D eigenvalue weighted by atomic mass is 9.70. The largest absolute Gasteiger partial charge is 0.348 e. The van der Waals surface area contributed by atoms with Crippen LogP contribution in [0.3, 0.4) is 0 Å². The summed E-state index contributed by atoms with van der Waals surface area (Å²) in [6.07, 6.45) is 12.7. The molecule has 3 aliphatic rings. The van der Waals surface area contributed by atoms with Gasteiger partial charge in [-0.2, -0.15) is 0 Å². The number of rotatable bonds is 7. The van der Waals surface area contributed by atoms with E-state index in [1.165, 1.54) is 62.8 Å². The van der Waals surface area contributed by atoms with Crippen LogP contribution in [0.2, 0.25) is 0 Å². The molecule has 38 heavy (non-hydrogen) atoms. The van der Waals surface area contributed by atoms with Crippen molar-refractivity contribution in [2.45, 2.75) is 82.0 Å². The molecule has 1 N–H and O–H groups in total. The first-order chi connectivity index (χ1) is 18.7. The quantitative estimate of drug-likeness (QED) is 0.340. The summed E-state index contributed by atoms with van der Waals surface area (Å²) in [6.45, 7) is 6.61. The second-order valence-electron chi connectivity index (χ2n) is 12.0. The molecule has 4 aromatic rings. The number of hydrogen-bond acceptors (Lipinski definition) is 4. The van der Waals surface area contributed by atoms with Gasteiger partial charge in [-0.25, -0.2) is 9.97 Å². The van der Waals surface area contributed by atoms with Crippen molar-refractivity contribution in [3.05, 3.63) is 84.2 Å². The number of para-hydroxylation sites is 2. The lowest BCUT2D eigenvalue weighted by Crippen LogP contribution is -2.48. The Balaban J connectivity index is 1.06. The summed E-state index contributed by atoms with van der Waals surface area (Å²) in [5.41, 5.74) is 4.27. The number of aromatic nitrogens is 4. The number of piperidine rings is 2. The molecular weight excluding hydrogens is 468 g/mol. The fourth-order valence-corrected chi connectivity index (χ4v) is 8.00. The number of nitrogens with one attached hydrogen (secondary N) is 1. The van der Waals surface area contributed by atoms with E-state index >= 15 is 0 Å². The van der Waals surface area contributed by atoms with E-state index < -0.39 is 0 Å². The van der Waals surface area contributed by atoms with Crippen molar-refractivity contribution in [1.29, 1.82) is 0 Å². The van der Waals surface area contributed by atoms with Gasteiger partial charge in [-0.15, -0.1) is 0 Å². The standard InChI is InChI=1S/C32H40N6/c1-24-35-29-9-5-6-10-30(29)38(24)28-21-26-11-12-27(22-28)37(26)20-15-32(25-7-3-2-4-8-25)13-18-36(19-14-32)23-31-33-16-17-34-31/h2-10,16-17,26-28H,11-15,18-23H2,1H3,(H,33,34). The predicted octanol–water partition coefficient (Wildman–Crippen LogP) is 5.86. The number of aromatic amines is 1. The number of H-pyrrole nitrogens is 1. The van der Waals surface area contributed by atoms with Crippen molar-refractivity contribution >= 4 is 11.0 Å². The van der Waals surface area contributed by atoms with Crippen LogP contribution in [0.5, 0.6) is 0 Å². The van der Waals surface area contributed by atoms with Crippen LogP contribution in [0.25, 0.3) is 11.0 Å². The molecule has 6 heteroatoms. The third kappa shape index (κ3) is 4.38. The predicted molar refractivity (Wildman–Crippen MR) is 152 cm³/mol. The molecule has 5 heterocycles. The lowest BCUT2D eigenvalue weighted by molar-refractivity contribution is 0.0808. The van der Waals surface area contributed by atoms with Crippen LogP contribution in [0, 0.1) is 6.92 Å². The van der Waals surface area contributed by atoms with Crippen LogP contribution in [0.1, 0.15) is 68.2 Å². The summed E-state index contributed by atoms with van der Waals surface area (Å²) >= 11 is 0. The van der Waals surface area contributed by atoms with Gasteiger partial charge in [0.2, 0.25) is 0 Å². The minimum absolute atomic E-state index is 0.272. The van der Waals surface area contributed by atoms with Gasteiger partial charge in [0, 0.05) is 30.5 Å². The number of imidazole rings is 2. The van der Waals surface area contributed by atoms with Crippen molar-refractivity contribution in [2.75, 3.05) is 19.6 Å². The smallest absolute Gasteiger partial charge is 0.120 e. The molecular formula is C32H40N6. The van der Waals surface area contributed by atoms with Crippen LogP contribution in [0.4, 0.5) is 0 Å². The van der Waals surface area contributed by atoms with E-state index in [1.807, 2.05) is 12.4 Å². The normalized spacial score (nSPS) is 25.8. The van der Waals surface area contributed by atoms with E-state index in [4.69, 9.17) is 4.98 Å². The van der Waals surface area contributed by atoms with Crippen molar-refractivity contribution in [2.24, 2.45) is 0 Å². The Labute approximate surface area is 226 Å². The molecule has 2 atom stereocenters. The number of hydrogen-bond donors (Lipinski definition) is 1. The van der Waals surface area contributed by atoms with Crippen molar-refractivity contribution in [3.8, 4) is 0 Å². The molecule has 3 saturated heterocycles. The molecule has 0 radical (unpaired) electrons. The fourth-order valence-electron chi connectivity index (χ4n) is 8.00. The topological polar surface area (TPSA) is 53.0 Å². The molecule has 6 nitrogen and oxygen atoms in total. The highest BCUT2D eigenvalue weighted by molar-refractivity contribution is 5.76.